The highest BCUT2D eigenvalue weighted by Gasteiger charge is 2.01. The van der Waals surface area contributed by atoms with Crippen LogP contribution in [0.2, 0.25) is 0 Å². The van der Waals surface area contributed by atoms with Crippen LogP contribution in [0.1, 0.15) is 6.92 Å². The molecule has 0 saturated heterocycles. The summed E-state index contributed by atoms with van der Waals surface area (Å²) in [6.07, 6.45) is 1.86. The molecule has 0 bridgehead atoms. The Hall–Kier alpha value is -1.92. The van der Waals surface area contributed by atoms with Crippen LogP contribution in [0.5, 0.6) is 0 Å². The Morgan fingerprint density at radius 1 is 1.62 bits per heavy atom. The molecular formula is C6H8N4O3. The first-order chi connectivity index (χ1) is 6.15. The summed E-state index contributed by atoms with van der Waals surface area (Å²) in [5, 5.41) is 15.2. The third kappa shape index (κ3) is 2.01. The van der Waals surface area contributed by atoms with Crippen LogP contribution in [0.15, 0.2) is 10.9 Å². The number of aryl methyl sites for hydroxylation is 1. The van der Waals surface area contributed by atoms with E-state index < -0.39 is 11.7 Å². The van der Waals surface area contributed by atoms with Gasteiger partial charge in [-0.25, -0.2) is 9.59 Å². The monoisotopic (exact) mass is 184 g/mol. The molecule has 0 saturated carbocycles. The molecule has 1 heterocycles. The van der Waals surface area contributed by atoms with Gasteiger partial charge < -0.3 is 5.11 Å². The van der Waals surface area contributed by atoms with Crippen LogP contribution in [-0.4, -0.2) is 30.9 Å². The zero-order chi connectivity index (χ0) is 9.84. The molecule has 7 heteroatoms. The van der Waals surface area contributed by atoms with E-state index in [4.69, 9.17) is 5.11 Å². The summed E-state index contributed by atoms with van der Waals surface area (Å²) in [5.41, 5.74) is -0.458. The maximum absolute atomic E-state index is 11.2. The van der Waals surface area contributed by atoms with E-state index in [0.717, 1.165) is 21.6 Å². The molecule has 0 aliphatic carbocycles. The van der Waals surface area contributed by atoms with Gasteiger partial charge in [0.1, 0.15) is 0 Å². The molecule has 1 aromatic rings. The van der Waals surface area contributed by atoms with Crippen LogP contribution in [0.4, 0.5) is 0 Å². The highest BCUT2D eigenvalue weighted by Crippen LogP contribution is 1.78. The minimum Gasteiger partial charge on any atom is -0.478 e. The summed E-state index contributed by atoms with van der Waals surface area (Å²) in [6, 6.07) is 0. The predicted octanol–water partition coefficient (Wildman–Crippen LogP) is -0.985. The summed E-state index contributed by atoms with van der Waals surface area (Å²) >= 11 is 0. The van der Waals surface area contributed by atoms with E-state index in [1.54, 1.807) is 6.92 Å². The molecule has 1 N–H and O–H groups in total. The number of nitrogens with zero attached hydrogens (tertiary/aromatic N) is 4. The molecule has 0 radical (unpaired) electrons. The summed E-state index contributed by atoms with van der Waals surface area (Å²) < 4.78 is 1.98. The van der Waals surface area contributed by atoms with Crippen molar-refractivity contribution >= 4 is 12.2 Å². The fourth-order valence-electron chi connectivity index (χ4n) is 0.713. The van der Waals surface area contributed by atoms with E-state index >= 15 is 0 Å². The lowest BCUT2D eigenvalue weighted by molar-refractivity contribution is -0.131. The number of hydrogen-bond acceptors (Lipinski definition) is 4. The molecule has 0 amide bonds. The molecule has 0 unspecified atom stereocenters. The Bertz CT molecular complexity index is 389. The fourth-order valence-corrected chi connectivity index (χ4v) is 0.713. The summed E-state index contributed by atoms with van der Waals surface area (Å²) in [7, 11) is 0. The maximum atomic E-state index is 11.2. The van der Waals surface area contributed by atoms with Gasteiger partial charge in [-0.2, -0.15) is 9.36 Å². The topological polar surface area (TPSA) is 90.0 Å². The van der Waals surface area contributed by atoms with E-state index in [9.17, 15) is 9.59 Å². The minimum atomic E-state index is -1.14. The van der Waals surface area contributed by atoms with Crippen molar-refractivity contribution in [2.45, 2.75) is 13.5 Å². The van der Waals surface area contributed by atoms with Gasteiger partial charge in [0.15, 0.2) is 0 Å². The average molecular weight is 184 g/mol. The molecule has 0 atom stereocenters. The van der Waals surface area contributed by atoms with E-state index in [-0.39, 0.29) is 0 Å². The Morgan fingerprint density at radius 3 is 2.77 bits per heavy atom. The molecule has 0 aromatic carbocycles. The molecule has 0 spiro atoms. The van der Waals surface area contributed by atoms with E-state index in [1.165, 1.54) is 0 Å². The number of aromatic nitrogens is 4. The number of rotatable bonds is 3. The lowest BCUT2D eigenvalue weighted by Gasteiger charge is -1.86. The summed E-state index contributed by atoms with van der Waals surface area (Å²) in [4.78, 5) is 21.3. The van der Waals surface area contributed by atoms with Gasteiger partial charge in [0.25, 0.3) is 0 Å². The lowest BCUT2D eigenvalue weighted by Crippen LogP contribution is -2.21. The predicted molar refractivity (Wildman–Crippen MR) is 42.9 cm³/mol. The smallest absolute Gasteiger partial charge is 0.367 e. The second-order valence-corrected chi connectivity index (χ2v) is 2.18. The highest BCUT2D eigenvalue weighted by molar-refractivity contribution is 5.82. The molecular weight excluding hydrogens is 176 g/mol. The largest absolute Gasteiger partial charge is 0.478 e. The minimum absolute atomic E-state index is 0.403. The quantitative estimate of drug-likeness (QED) is 0.609. The van der Waals surface area contributed by atoms with Crippen LogP contribution < -0.4 is 5.69 Å². The Morgan fingerprint density at radius 2 is 2.31 bits per heavy atom. The van der Waals surface area contributed by atoms with E-state index in [1.807, 2.05) is 0 Å². The average Bonchev–Trinajstić information content (AvgIpc) is 2.43. The van der Waals surface area contributed by atoms with Crippen molar-refractivity contribution in [2.75, 3.05) is 0 Å². The molecule has 7 nitrogen and oxygen atoms in total. The van der Waals surface area contributed by atoms with Crippen LogP contribution in [-0.2, 0) is 11.3 Å². The van der Waals surface area contributed by atoms with E-state index in [0.29, 0.717) is 6.54 Å². The zero-order valence-electron chi connectivity index (χ0n) is 6.91. The third-order valence-corrected chi connectivity index (χ3v) is 1.32. The standard InChI is InChI=1S/C6H8N4O3/c1-2-9-6(13)10(8-7-9)4-3-5(11)12/h3-4H,2H2,1H3,(H,11,12). The highest BCUT2D eigenvalue weighted by atomic mass is 16.4. The SMILES string of the molecule is CCn1nnn(C=CC(=O)O)c1=O. The van der Waals surface area contributed by atoms with Gasteiger partial charge in [0.05, 0.1) is 0 Å². The van der Waals surface area contributed by atoms with Crippen molar-refractivity contribution in [3.05, 3.63) is 16.6 Å². The van der Waals surface area contributed by atoms with Crippen molar-refractivity contribution in [3.8, 4) is 0 Å². The first-order valence-electron chi connectivity index (χ1n) is 3.58. The van der Waals surface area contributed by atoms with Crippen molar-refractivity contribution in [1.29, 1.82) is 0 Å². The van der Waals surface area contributed by atoms with E-state index in [2.05, 4.69) is 10.4 Å². The molecule has 1 rings (SSSR count). The zero-order valence-corrected chi connectivity index (χ0v) is 6.91. The molecule has 13 heavy (non-hydrogen) atoms. The van der Waals surface area contributed by atoms with Gasteiger partial charge in [-0.15, -0.1) is 0 Å². The molecule has 0 aliphatic heterocycles. The third-order valence-electron chi connectivity index (χ3n) is 1.32. The van der Waals surface area contributed by atoms with Crippen LogP contribution >= 0.6 is 0 Å². The van der Waals surface area contributed by atoms with Gasteiger partial charge in [0, 0.05) is 18.8 Å². The number of carboxylic acid groups (broad SMARTS) is 1. The fraction of sp³-hybridized carbons (Fsp3) is 0.333. The number of tetrazole rings is 1. The van der Waals surface area contributed by atoms with Gasteiger partial charge in [0.2, 0.25) is 0 Å². The summed E-state index contributed by atoms with van der Waals surface area (Å²) in [5.74, 6) is -1.14. The second-order valence-electron chi connectivity index (χ2n) is 2.18. The molecule has 70 valence electrons. The normalized spacial score (nSPS) is 10.8. The molecule has 1 aromatic heterocycles. The number of carboxylic acids is 1. The second kappa shape index (κ2) is 3.65. The van der Waals surface area contributed by atoms with Gasteiger partial charge in [-0.1, -0.05) is 0 Å². The number of aliphatic carboxylic acids is 1. The maximum Gasteiger partial charge on any atom is 0.367 e. The first kappa shape index (κ1) is 9.17. The van der Waals surface area contributed by atoms with Gasteiger partial charge >= 0.3 is 11.7 Å². The van der Waals surface area contributed by atoms with Gasteiger partial charge in [-0.05, 0) is 17.4 Å². The summed E-state index contributed by atoms with van der Waals surface area (Å²) in [6.45, 7) is 2.14. The van der Waals surface area contributed by atoms with Crippen LogP contribution in [0, 0.1) is 0 Å². The Labute approximate surface area is 72.9 Å². The molecule has 0 fully saturated rings. The van der Waals surface area contributed by atoms with Crippen molar-refractivity contribution in [2.24, 2.45) is 0 Å². The van der Waals surface area contributed by atoms with Gasteiger partial charge in [-0.3, -0.25) is 0 Å². The number of carbonyl (C=O) groups is 1. The Balaban J connectivity index is 2.97. The number of hydrogen-bond donors (Lipinski definition) is 1. The van der Waals surface area contributed by atoms with Crippen molar-refractivity contribution in [1.82, 2.24) is 19.8 Å². The first-order valence-corrected chi connectivity index (χ1v) is 3.58. The lowest BCUT2D eigenvalue weighted by atomic mass is 10.6. The van der Waals surface area contributed by atoms with Crippen LogP contribution in [0.3, 0.4) is 0 Å². The Kier molecular flexibility index (Phi) is 2.58. The molecule has 0 aliphatic rings. The van der Waals surface area contributed by atoms with Crippen molar-refractivity contribution in [3.63, 3.8) is 0 Å². The van der Waals surface area contributed by atoms with Crippen molar-refractivity contribution < 1.29 is 9.90 Å². The van der Waals surface area contributed by atoms with Crippen LogP contribution in [0.25, 0.3) is 6.20 Å².